The highest BCUT2D eigenvalue weighted by Gasteiger charge is 2.33. The molecule has 26 heavy (non-hydrogen) atoms. The van der Waals surface area contributed by atoms with Crippen molar-refractivity contribution in [3.8, 4) is 0 Å². The Morgan fingerprint density at radius 2 is 1.77 bits per heavy atom. The Labute approximate surface area is 152 Å². The van der Waals surface area contributed by atoms with Crippen LogP contribution >= 0.6 is 11.6 Å². The monoisotopic (exact) mass is 379 g/mol. The average molecular weight is 380 g/mol. The van der Waals surface area contributed by atoms with Crippen molar-refractivity contribution in [2.75, 3.05) is 10.6 Å². The fourth-order valence-electron chi connectivity index (χ4n) is 2.16. The van der Waals surface area contributed by atoms with Gasteiger partial charge in [-0.15, -0.1) is 0 Å². The molecule has 3 aromatic rings. The van der Waals surface area contributed by atoms with Crippen LogP contribution in [0.1, 0.15) is 11.1 Å². The molecule has 0 unspecified atom stereocenters. The second-order valence-electron chi connectivity index (χ2n) is 5.29. The highest BCUT2D eigenvalue weighted by atomic mass is 35.5. The molecular formula is C17H13ClF3N5. The number of hydrogen-bond donors (Lipinski definition) is 2. The van der Waals surface area contributed by atoms with Gasteiger partial charge in [0.05, 0.1) is 10.6 Å². The molecular weight excluding hydrogens is 367 g/mol. The molecule has 0 saturated carbocycles. The average Bonchev–Trinajstić information content (AvgIpc) is 2.62. The van der Waals surface area contributed by atoms with Crippen molar-refractivity contribution in [3.05, 3.63) is 71.1 Å². The molecule has 2 N–H and O–H groups in total. The molecule has 2 aromatic heterocycles. The number of hydrogen-bond acceptors (Lipinski definition) is 5. The van der Waals surface area contributed by atoms with E-state index in [1.54, 1.807) is 18.5 Å². The maximum Gasteiger partial charge on any atom is 0.417 e. The number of nitrogens with one attached hydrogen (secondary N) is 2. The molecule has 0 amide bonds. The summed E-state index contributed by atoms with van der Waals surface area (Å²) in [6.45, 7) is 0.526. The Hall–Kier alpha value is -2.87. The normalized spacial score (nSPS) is 11.2. The summed E-state index contributed by atoms with van der Waals surface area (Å²) in [5.74, 6) is 0.699. The van der Waals surface area contributed by atoms with Gasteiger partial charge < -0.3 is 10.6 Å². The molecule has 9 heteroatoms. The first kappa shape index (κ1) is 17.9. The number of halogens is 4. The summed E-state index contributed by atoms with van der Waals surface area (Å²) in [4.78, 5) is 12.2. The predicted octanol–water partition coefficient (Wildman–Crippen LogP) is 4.90. The summed E-state index contributed by atoms with van der Waals surface area (Å²) >= 11 is 5.62. The minimum atomic E-state index is -4.54. The largest absolute Gasteiger partial charge is 0.417 e. The van der Waals surface area contributed by atoms with Gasteiger partial charge in [0.1, 0.15) is 5.82 Å². The first-order valence-electron chi connectivity index (χ1n) is 7.51. The van der Waals surface area contributed by atoms with Crippen LogP contribution in [0.3, 0.4) is 0 Å². The summed E-state index contributed by atoms with van der Waals surface area (Å²) in [5.41, 5.74) is 0.282. The number of pyridine rings is 1. The molecule has 0 aliphatic carbocycles. The maximum absolute atomic E-state index is 12.9. The van der Waals surface area contributed by atoms with Crippen molar-refractivity contribution in [2.45, 2.75) is 12.7 Å². The van der Waals surface area contributed by atoms with Crippen LogP contribution in [0.25, 0.3) is 0 Å². The van der Waals surface area contributed by atoms with E-state index in [2.05, 4.69) is 25.6 Å². The lowest BCUT2D eigenvalue weighted by Gasteiger charge is -2.12. The van der Waals surface area contributed by atoms with Gasteiger partial charge in [-0.2, -0.15) is 18.2 Å². The van der Waals surface area contributed by atoms with Gasteiger partial charge in [-0.1, -0.05) is 11.6 Å². The molecule has 0 aliphatic heterocycles. The Balaban J connectivity index is 1.73. The topological polar surface area (TPSA) is 62.7 Å². The fourth-order valence-corrected chi connectivity index (χ4v) is 2.38. The SMILES string of the molecule is FC(F)(F)c1cc(Nc2nccc(NCc3ccncc3)n2)ccc1Cl. The first-order chi connectivity index (χ1) is 12.4. The summed E-state index contributed by atoms with van der Waals surface area (Å²) in [5, 5.41) is 5.50. The van der Waals surface area contributed by atoms with E-state index in [0.717, 1.165) is 11.6 Å². The van der Waals surface area contributed by atoms with Crippen LogP contribution in [0.5, 0.6) is 0 Å². The van der Waals surface area contributed by atoms with Crippen molar-refractivity contribution in [2.24, 2.45) is 0 Å². The van der Waals surface area contributed by atoms with Gasteiger partial charge in [0.25, 0.3) is 0 Å². The second kappa shape index (κ2) is 7.57. The molecule has 0 saturated heterocycles. The van der Waals surface area contributed by atoms with Gasteiger partial charge >= 0.3 is 6.18 Å². The van der Waals surface area contributed by atoms with E-state index in [0.29, 0.717) is 12.4 Å². The van der Waals surface area contributed by atoms with Gasteiger partial charge in [0.15, 0.2) is 0 Å². The van der Waals surface area contributed by atoms with Crippen LogP contribution in [-0.4, -0.2) is 15.0 Å². The molecule has 5 nitrogen and oxygen atoms in total. The van der Waals surface area contributed by atoms with Crippen LogP contribution < -0.4 is 10.6 Å². The third kappa shape index (κ3) is 4.60. The van der Waals surface area contributed by atoms with E-state index in [1.807, 2.05) is 12.1 Å². The standard InChI is InChI=1S/C17H13ClF3N5/c18-14-2-1-12(9-13(14)17(19,20)21)25-16-23-8-5-15(26-16)24-10-11-3-6-22-7-4-11/h1-9H,10H2,(H2,23,24,25,26). The van der Waals surface area contributed by atoms with E-state index in [-0.39, 0.29) is 16.7 Å². The molecule has 0 bridgehead atoms. The molecule has 1 aromatic carbocycles. The summed E-state index contributed by atoms with van der Waals surface area (Å²) in [6.07, 6.45) is 0.333. The van der Waals surface area contributed by atoms with Crippen molar-refractivity contribution in [1.29, 1.82) is 0 Å². The lowest BCUT2D eigenvalue weighted by atomic mass is 10.2. The van der Waals surface area contributed by atoms with Gasteiger partial charge in [-0.25, -0.2) is 4.98 Å². The molecule has 0 atom stereocenters. The smallest absolute Gasteiger partial charge is 0.366 e. The van der Waals surface area contributed by atoms with Crippen LogP contribution in [0.2, 0.25) is 5.02 Å². The summed E-state index contributed by atoms with van der Waals surface area (Å²) in [7, 11) is 0. The molecule has 134 valence electrons. The highest BCUT2D eigenvalue weighted by Crippen LogP contribution is 2.36. The number of nitrogens with zero attached hydrogens (tertiary/aromatic N) is 3. The highest BCUT2D eigenvalue weighted by molar-refractivity contribution is 6.31. The number of rotatable bonds is 5. The lowest BCUT2D eigenvalue weighted by Crippen LogP contribution is -2.07. The first-order valence-corrected chi connectivity index (χ1v) is 7.89. The van der Waals surface area contributed by atoms with Gasteiger partial charge in [0, 0.05) is 30.8 Å². The van der Waals surface area contributed by atoms with Crippen LogP contribution in [-0.2, 0) is 12.7 Å². The third-order valence-electron chi connectivity index (χ3n) is 3.41. The fraction of sp³-hybridized carbons (Fsp3) is 0.118. The number of benzene rings is 1. The van der Waals surface area contributed by atoms with Crippen molar-refractivity contribution >= 4 is 29.1 Å². The van der Waals surface area contributed by atoms with Crippen LogP contribution in [0, 0.1) is 0 Å². The Kier molecular flexibility index (Phi) is 5.22. The summed E-state index contributed by atoms with van der Waals surface area (Å²) in [6, 6.07) is 8.91. The van der Waals surface area contributed by atoms with Crippen molar-refractivity contribution in [3.63, 3.8) is 0 Å². The zero-order valence-electron chi connectivity index (χ0n) is 13.3. The molecule has 0 radical (unpaired) electrons. The van der Waals surface area contributed by atoms with Gasteiger partial charge in [-0.3, -0.25) is 4.98 Å². The van der Waals surface area contributed by atoms with Crippen LogP contribution in [0.15, 0.2) is 55.0 Å². The quantitative estimate of drug-likeness (QED) is 0.660. The predicted molar refractivity (Wildman–Crippen MR) is 93.3 cm³/mol. The zero-order chi connectivity index (χ0) is 18.6. The molecule has 0 fully saturated rings. The molecule has 3 rings (SSSR count). The minimum absolute atomic E-state index is 0.167. The summed E-state index contributed by atoms with van der Waals surface area (Å²) < 4.78 is 38.8. The van der Waals surface area contributed by atoms with Gasteiger partial charge in [-0.05, 0) is 42.0 Å². The van der Waals surface area contributed by atoms with E-state index in [9.17, 15) is 13.2 Å². The van der Waals surface area contributed by atoms with Crippen molar-refractivity contribution < 1.29 is 13.2 Å². The molecule has 0 spiro atoms. The maximum atomic E-state index is 12.9. The van der Waals surface area contributed by atoms with E-state index in [1.165, 1.54) is 18.3 Å². The van der Waals surface area contributed by atoms with E-state index in [4.69, 9.17) is 11.6 Å². The Morgan fingerprint density at radius 3 is 2.50 bits per heavy atom. The number of aromatic nitrogens is 3. The Bertz CT molecular complexity index is 887. The number of alkyl halides is 3. The van der Waals surface area contributed by atoms with E-state index < -0.39 is 11.7 Å². The molecule has 2 heterocycles. The molecule has 0 aliphatic rings. The lowest BCUT2D eigenvalue weighted by molar-refractivity contribution is -0.137. The van der Waals surface area contributed by atoms with Crippen molar-refractivity contribution in [1.82, 2.24) is 15.0 Å². The van der Waals surface area contributed by atoms with Gasteiger partial charge in [0.2, 0.25) is 5.95 Å². The second-order valence-corrected chi connectivity index (χ2v) is 5.70. The van der Waals surface area contributed by atoms with E-state index >= 15 is 0 Å². The zero-order valence-corrected chi connectivity index (χ0v) is 14.0. The number of anilines is 3. The van der Waals surface area contributed by atoms with Crippen LogP contribution in [0.4, 0.5) is 30.6 Å². The Morgan fingerprint density at radius 1 is 1.00 bits per heavy atom. The minimum Gasteiger partial charge on any atom is -0.366 e. The third-order valence-corrected chi connectivity index (χ3v) is 3.74.